The van der Waals surface area contributed by atoms with E-state index in [2.05, 4.69) is 42.1 Å². The Balaban J connectivity index is 1.80. The van der Waals surface area contributed by atoms with E-state index in [1.165, 1.54) is 14.2 Å². The van der Waals surface area contributed by atoms with Gasteiger partial charge < -0.3 is 0 Å². The Morgan fingerprint density at radius 2 is 1.22 bits per heavy atom. The van der Waals surface area contributed by atoms with E-state index in [1.807, 2.05) is 24.3 Å². The number of pyridine rings is 2. The first-order valence-electron chi connectivity index (χ1n) is 7.89. The van der Waals surface area contributed by atoms with Gasteiger partial charge in [-0.25, -0.2) is 0 Å². The van der Waals surface area contributed by atoms with Crippen LogP contribution in [0.25, 0.3) is 20.3 Å². The number of nitrogens with zero attached hydrogens (tertiary/aromatic N) is 4. The minimum atomic E-state index is 0.0986. The van der Waals surface area contributed by atoms with Crippen LogP contribution >= 0.6 is 0 Å². The van der Waals surface area contributed by atoms with Gasteiger partial charge in [0.15, 0.2) is 0 Å². The van der Waals surface area contributed by atoms with E-state index in [9.17, 15) is 0 Å². The Labute approximate surface area is 162 Å². The second kappa shape index (κ2) is 8.48. The van der Waals surface area contributed by atoms with Crippen molar-refractivity contribution in [3.8, 4) is 20.3 Å². The fraction of sp³-hybridized carbons (Fsp3) is 0.111. The van der Waals surface area contributed by atoms with Crippen LogP contribution in [-0.4, -0.2) is 50.4 Å². The van der Waals surface area contributed by atoms with E-state index in [4.69, 9.17) is 11.5 Å². The van der Waals surface area contributed by atoms with E-state index < -0.39 is 0 Å². The standard InChI is InChI=1S/C18H18N6O2Se/c1-25-23-17(19)11-3-5-13(21-9-11)15-7-8-16(27-15)14-6-4-12(10-22-14)18(20)24-26-2/h3-10H,1-2H3,(H2,19,23)(H2,20,24). The van der Waals surface area contributed by atoms with Crippen molar-refractivity contribution in [2.45, 2.75) is 0 Å². The maximum atomic E-state index is 5.79. The van der Waals surface area contributed by atoms with Crippen LogP contribution in [0.4, 0.5) is 0 Å². The van der Waals surface area contributed by atoms with Crippen molar-refractivity contribution in [3.05, 3.63) is 59.9 Å². The van der Waals surface area contributed by atoms with Crippen LogP contribution in [0.2, 0.25) is 0 Å². The zero-order valence-corrected chi connectivity index (χ0v) is 16.5. The van der Waals surface area contributed by atoms with Crippen molar-refractivity contribution in [2.24, 2.45) is 21.8 Å². The predicted molar refractivity (Wildman–Crippen MR) is 105 cm³/mol. The molecule has 0 saturated carbocycles. The molecule has 0 aliphatic carbocycles. The third-order valence-corrected chi connectivity index (χ3v) is 5.98. The van der Waals surface area contributed by atoms with Gasteiger partial charge in [-0.2, -0.15) is 0 Å². The fourth-order valence-electron chi connectivity index (χ4n) is 2.30. The topological polar surface area (TPSA) is 121 Å². The van der Waals surface area contributed by atoms with Gasteiger partial charge in [-0.1, -0.05) is 0 Å². The van der Waals surface area contributed by atoms with E-state index >= 15 is 0 Å². The molecule has 0 aliphatic heterocycles. The number of nitrogens with two attached hydrogens (primary N) is 2. The molecule has 0 radical (unpaired) electrons. The summed E-state index contributed by atoms with van der Waals surface area (Å²) in [6, 6.07) is 11.7. The van der Waals surface area contributed by atoms with Gasteiger partial charge in [0.25, 0.3) is 0 Å². The molecule has 3 aromatic rings. The van der Waals surface area contributed by atoms with Crippen LogP contribution < -0.4 is 11.5 Å². The predicted octanol–water partition coefficient (Wildman–Crippen LogP) is 1.40. The van der Waals surface area contributed by atoms with Crippen molar-refractivity contribution in [1.82, 2.24) is 9.97 Å². The van der Waals surface area contributed by atoms with Crippen molar-refractivity contribution in [1.29, 1.82) is 0 Å². The number of aromatic nitrogens is 2. The summed E-state index contributed by atoms with van der Waals surface area (Å²) in [5, 5.41) is 7.41. The monoisotopic (exact) mass is 430 g/mol. The fourth-order valence-corrected chi connectivity index (χ4v) is 4.31. The molecule has 9 heteroatoms. The Morgan fingerprint density at radius 3 is 1.56 bits per heavy atom. The summed E-state index contributed by atoms with van der Waals surface area (Å²) in [7, 11) is 2.90. The third kappa shape index (κ3) is 4.33. The molecule has 4 N–H and O–H groups in total. The van der Waals surface area contributed by atoms with Gasteiger partial charge in [-0.15, -0.1) is 0 Å². The molecular weight excluding hydrogens is 411 g/mol. The number of amidine groups is 2. The SMILES string of the molecule is CO/N=C(\N)c1ccc(-c2ccc(-c3ccc(/C(N)=N/OC)cn3)[se]2)nc1. The van der Waals surface area contributed by atoms with Gasteiger partial charge in [0.1, 0.15) is 0 Å². The molecule has 3 heterocycles. The first-order valence-corrected chi connectivity index (χ1v) is 9.60. The zero-order chi connectivity index (χ0) is 19.2. The van der Waals surface area contributed by atoms with E-state index in [0.717, 1.165) is 20.3 Å². The number of hydrogen-bond acceptors (Lipinski definition) is 6. The molecule has 0 fully saturated rings. The minimum absolute atomic E-state index is 0.0986. The van der Waals surface area contributed by atoms with Crippen LogP contribution in [0, 0.1) is 0 Å². The molecule has 0 aromatic carbocycles. The second-order valence-corrected chi connectivity index (χ2v) is 7.62. The zero-order valence-electron chi connectivity index (χ0n) is 14.8. The molecule has 0 aliphatic rings. The van der Waals surface area contributed by atoms with E-state index in [0.29, 0.717) is 22.8 Å². The first kappa shape index (κ1) is 18.6. The average molecular weight is 429 g/mol. The molecule has 3 aromatic heterocycles. The van der Waals surface area contributed by atoms with Crippen molar-refractivity contribution in [2.75, 3.05) is 14.2 Å². The Morgan fingerprint density at radius 1 is 0.778 bits per heavy atom. The quantitative estimate of drug-likeness (QED) is 0.265. The van der Waals surface area contributed by atoms with Crippen LogP contribution in [0.15, 0.2) is 59.1 Å². The summed E-state index contributed by atoms with van der Waals surface area (Å²) in [5.41, 5.74) is 14.8. The van der Waals surface area contributed by atoms with Gasteiger partial charge in [0, 0.05) is 0 Å². The van der Waals surface area contributed by atoms with Crippen molar-refractivity contribution >= 4 is 26.2 Å². The molecule has 27 heavy (non-hydrogen) atoms. The van der Waals surface area contributed by atoms with Crippen LogP contribution in [-0.2, 0) is 9.68 Å². The van der Waals surface area contributed by atoms with Gasteiger partial charge >= 0.3 is 162 Å². The molecular formula is C18H18N6O2Se. The van der Waals surface area contributed by atoms with Crippen LogP contribution in [0.1, 0.15) is 11.1 Å². The third-order valence-electron chi connectivity index (χ3n) is 3.61. The normalized spacial score (nSPS) is 12.1. The summed E-state index contributed by atoms with van der Waals surface area (Å²) in [6.45, 7) is 0. The summed E-state index contributed by atoms with van der Waals surface area (Å²) in [4.78, 5) is 18.3. The summed E-state index contributed by atoms with van der Waals surface area (Å²) < 4.78 is 2.33. The van der Waals surface area contributed by atoms with Gasteiger partial charge in [-0.3, -0.25) is 0 Å². The second-order valence-electron chi connectivity index (χ2n) is 5.35. The van der Waals surface area contributed by atoms with Crippen molar-refractivity contribution < 1.29 is 9.68 Å². The van der Waals surface area contributed by atoms with Crippen LogP contribution in [0.5, 0.6) is 0 Å². The van der Waals surface area contributed by atoms with E-state index in [-0.39, 0.29) is 14.5 Å². The van der Waals surface area contributed by atoms with Gasteiger partial charge in [0.05, 0.1) is 0 Å². The van der Waals surface area contributed by atoms with Crippen LogP contribution in [0.3, 0.4) is 0 Å². The first-order chi connectivity index (χ1) is 13.1. The Hall–Kier alpha value is -3.16. The Kier molecular flexibility index (Phi) is 5.85. The molecule has 0 bridgehead atoms. The van der Waals surface area contributed by atoms with Gasteiger partial charge in [0.2, 0.25) is 0 Å². The molecule has 0 amide bonds. The summed E-state index contributed by atoms with van der Waals surface area (Å²) in [5.74, 6) is 0.587. The van der Waals surface area contributed by atoms with Gasteiger partial charge in [-0.05, 0) is 0 Å². The number of oxime groups is 2. The molecule has 8 nitrogen and oxygen atoms in total. The summed E-state index contributed by atoms with van der Waals surface area (Å²) >= 11 is 0.0986. The molecule has 3 rings (SSSR count). The molecule has 0 unspecified atom stereocenters. The molecule has 138 valence electrons. The molecule has 0 spiro atoms. The van der Waals surface area contributed by atoms with E-state index in [1.54, 1.807) is 12.4 Å². The summed E-state index contributed by atoms with van der Waals surface area (Å²) in [6.07, 6.45) is 3.38. The maximum absolute atomic E-state index is 5.79. The van der Waals surface area contributed by atoms with Crippen molar-refractivity contribution in [3.63, 3.8) is 0 Å². The number of hydrogen-bond donors (Lipinski definition) is 2. The molecule has 0 atom stereocenters. The number of rotatable bonds is 6. The average Bonchev–Trinajstić information content (AvgIpc) is 3.19. The Bertz CT molecular complexity index is 886. The molecule has 0 saturated heterocycles.